The second-order valence-electron chi connectivity index (χ2n) is 4.25. The maximum atomic E-state index is 5.83. The van der Waals surface area contributed by atoms with Crippen LogP contribution in [-0.4, -0.2) is 14.5 Å². The van der Waals surface area contributed by atoms with E-state index in [0.29, 0.717) is 5.15 Å². The van der Waals surface area contributed by atoms with E-state index in [9.17, 15) is 0 Å². The fourth-order valence-electron chi connectivity index (χ4n) is 1.83. The average molecular weight is 265 g/mol. The average Bonchev–Trinajstić information content (AvgIpc) is 2.76. The molecule has 1 N–H and O–H groups in total. The highest BCUT2D eigenvalue weighted by molar-refractivity contribution is 6.29. The van der Waals surface area contributed by atoms with Crippen molar-refractivity contribution in [3.63, 3.8) is 0 Å². The molecule has 96 valence electrons. The van der Waals surface area contributed by atoms with Crippen molar-refractivity contribution in [1.82, 2.24) is 14.5 Å². The molecule has 0 aliphatic carbocycles. The number of hydrogen-bond acceptors (Lipinski definition) is 3. The molecule has 0 unspecified atom stereocenters. The predicted molar refractivity (Wildman–Crippen MR) is 73.8 cm³/mol. The molecule has 0 atom stereocenters. The van der Waals surface area contributed by atoms with E-state index in [2.05, 4.69) is 26.8 Å². The molecule has 0 spiro atoms. The number of pyridine rings is 1. The highest BCUT2D eigenvalue weighted by Gasteiger charge is 2.03. The number of nitrogens with one attached hydrogen (secondary N) is 1. The first-order valence-electron chi connectivity index (χ1n) is 6.05. The molecule has 5 heteroatoms. The maximum Gasteiger partial charge on any atom is 0.129 e. The predicted octanol–water partition coefficient (Wildman–Crippen LogP) is 3.26. The second kappa shape index (κ2) is 5.87. The minimum atomic E-state index is 0.522. The summed E-state index contributed by atoms with van der Waals surface area (Å²) in [7, 11) is 0. The van der Waals surface area contributed by atoms with Crippen LogP contribution in [0.15, 0.2) is 24.8 Å². The Morgan fingerprint density at radius 1 is 1.39 bits per heavy atom. The van der Waals surface area contributed by atoms with Gasteiger partial charge in [0, 0.05) is 12.7 Å². The van der Waals surface area contributed by atoms with Crippen LogP contribution in [0.1, 0.15) is 24.6 Å². The fraction of sp³-hybridized carbons (Fsp3) is 0.385. The number of aryl methyl sites for hydroxylation is 2. The number of aromatic nitrogens is 3. The van der Waals surface area contributed by atoms with Crippen molar-refractivity contribution in [3.05, 3.63) is 41.2 Å². The third-order valence-electron chi connectivity index (χ3n) is 2.80. The van der Waals surface area contributed by atoms with Crippen LogP contribution >= 0.6 is 11.6 Å². The Balaban J connectivity index is 2.04. The molecule has 0 amide bonds. The summed E-state index contributed by atoms with van der Waals surface area (Å²) in [5.41, 5.74) is 3.27. The number of halogens is 1. The van der Waals surface area contributed by atoms with Gasteiger partial charge in [0.05, 0.1) is 30.5 Å². The maximum absolute atomic E-state index is 5.83. The normalized spacial score (nSPS) is 10.6. The molecule has 0 saturated heterocycles. The van der Waals surface area contributed by atoms with Gasteiger partial charge in [-0.25, -0.2) is 9.97 Å². The van der Waals surface area contributed by atoms with Crippen LogP contribution in [0, 0.1) is 6.92 Å². The summed E-state index contributed by atoms with van der Waals surface area (Å²) in [6, 6.07) is 1.85. The highest BCUT2D eigenvalue weighted by atomic mass is 35.5. The van der Waals surface area contributed by atoms with Gasteiger partial charge in [-0.3, -0.25) is 0 Å². The molecule has 0 fully saturated rings. The SMILES string of the molecule is CCCn1cncc1CNc1cnc(Cl)cc1C. The Labute approximate surface area is 112 Å². The Hall–Kier alpha value is -1.55. The molecule has 2 aromatic rings. The molecule has 2 heterocycles. The summed E-state index contributed by atoms with van der Waals surface area (Å²) < 4.78 is 2.16. The van der Waals surface area contributed by atoms with E-state index in [0.717, 1.165) is 30.8 Å². The van der Waals surface area contributed by atoms with Crippen molar-refractivity contribution >= 4 is 17.3 Å². The second-order valence-corrected chi connectivity index (χ2v) is 4.64. The molecular weight excluding hydrogens is 248 g/mol. The van der Waals surface area contributed by atoms with E-state index in [1.165, 1.54) is 5.69 Å². The molecule has 0 bridgehead atoms. The van der Waals surface area contributed by atoms with Crippen molar-refractivity contribution in [2.75, 3.05) is 5.32 Å². The summed E-state index contributed by atoms with van der Waals surface area (Å²) in [6.07, 6.45) is 6.62. The molecule has 0 radical (unpaired) electrons. The topological polar surface area (TPSA) is 42.7 Å². The van der Waals surface area contributed by atoms with Crippen LogP contribution in [0.5, 0.6) is 0 Å². The van der Waals surface area contributed by atoms with Crippen molar-refractivity contribution in [3.8, 4) is 0 Å². The summed E-state index contributed by atoms with van der Waals surface area (Å²) in [4.78, 5) is 8.25. The van der Waals surface area contributed by atoms with Crippen LogP contribution in [0.3, 0.4) is 0 Å². The Morgan fingerprint density at radius 2 is 2.22 bits per heavy atom. The minimum Gasteiger partial charge on any atom is -0.378 e. The molecule has 4 nitrogen and oxygen atoms in total. The zero-order chi connectivity index (χ0) is 13.0. The molecular formula is C13H17ClN4. The molecule has 0 aliphatic heterocycles. The number of rotatable bonds is 5. The highest BCUT2D eigenvalue weighted by Crippen LogP contribution is 2.17. The van der Waals surface area contributed by atoms with Crippen molar-refractivity contribution < 1.29 is 0 Å². The first kappa shape index (κ1) is 12.9. The monoisotopic (exact) mass is 264 g/mol. The van der Waals surface area contributed by atoms with Crippen LogP contribution in [0.25, 0.3) is 0 Å². The first-order valence-corrected chi connectivity index (χ1v) is 6.43. The van der Waals surface area contributed by atoms with Gasteiger partial charge in [0.25, 0.3) is 0 Å². The third kappa shape index (κ3) is 3.01. The third-order valence-corrected chi connectivity index (χ3v) is 3.01. The van der Waals surface area contributed by atoms with Gasteiger partial charge in [-0.05, 0) is 25.0 Å². The lowest BCUT2D eigenvalue weighted by molar-refractivity contribution is 0.651. The van der Waals surface area contributed by atoms with Gasteiger partial charge in [0.1, 0.15) is 5.15 Å². The van der Waals surface area contributed by atoms with Crippen molar-refractivity contribution in [1.29, 1.82) is 0 Å². The summed E-state index contributed by atoms with van der Waals surface area (Å²) in [6.45, 7) is 5.91. The van der Waals surface area contributed by atoms with Gasteiger partial charge in [0.15, 0.2) is 0 Å². The van der Waals surface area contributed by atoms with Crippen molar-refractivity contribution in [2.45, 2.75) is 33.4 Å². The van der Waals surface area contributed by atoms with E-state index in [1.54, 1.807) is 6.20 Å². The molecule has 18 heavy (non-hydrogen) atoms. The zero-order valence-corrected chi connectivity index (χ0v) is 11.4. The molecule has 2 rings (SSSR count). The lowest BCUT2D eigenvalue weighted by Gasteiger charge is -2.11. The van der Waals surface area contributed by atoms with Gasteiger partial charge in [0.2, 0.25) is 0 Å². The molecule has 0 saturated carbocycles. The van der Waals surface area contributed by atoms with Crippen molar-refractivity contribution in [2.24, 2.45) is 0 Å². The lowest BCUT2D eigenvalue weighted by atomic mass is 10.2. The Morgan fingerprint density at radius 3 is 2.94 bits per heavy atom. The Kier molecular flexibility index (Phi) is 4.20. The van der Waals surface area contributed by atoms with E-state index >= 15 is 0 Å². The van der Waals surface area contributed by atoms with Gasteiger partial charge in [-0.1, -0.05) is 18.5 Å². The molecule has 2 aromatic heterocycles. The van der Waals surface area contributed by atoms with E-state index in [-0.39, 0.29) is 0 Å². The first-order chi connectivity index (χ1) is 8.70. The fourth-order valence-corrected chi connectivity index (χ4v) is 2.04. The Bertz CT molecular complexity index is 521. The summed E-state index contributed by atoms with van der Waals surface area (Å²) in [5.74, 6) is 0. The number of anilines is 1. The minimum absolute atomic E-state index is 0.522. The van der Waals surface area contributed by atoms with E-state index in [1.807, 2.05) is 25.5 Å². The standard InChI is InChI=1S/C13H17ClN4/c1-3-4-18-9-15-6-11(18)7-16-12-8-17-13(14)5-10(12)2/h5-6,8-9,16H,3-4,7H2,1-2H3. The van der Waals surface area contributed by atoms with Crippen LogP contribution in [0.4, 0.5) is 5.69 Å². The zero-order valence-electron chi connectivity index (χ0n) is 10.7. The largest absolute Gasteiger partial charge is 0.378 e. The van der Waals surface area contributed by atoms with Gasteiger partial charge in [-0.15, -0.1) is 0 Å². The van der Waals surface area contributed by atoms with E-state index < -0.39 is 0 Å². The number of hydrogen-bond donors (Lipinski definition) is 1. The summed E-state index contributed by atoms with van der Waals surface area (Å²) in [5, 5.41) is 3.88. The number of nitrogens with zero attached hydrogens (tertiary/aromatic N) is 3. The number of imidazole rings is 1. The van der Waals surface area contributed by atoms with Gasteiger partial charge in [-0.2, -0.15) is 0 Å². The van der Waals surface area contributed by atoms with Crippen LogP contribution < -0.4 is 5.32 Å². The van der Waals surface area contributed by atoms with Gasteiger partial charge >= 0.3 is 0 Å². The summed E-state index contributed by atoms with van der Waals surface area (Å²) >= 11 is 5.83. The van der Waals surface area contributed by atoms with E-state index in [4.69, 9.17) is 11.6 Å². The van der Waals surface area contributed by atoms with Crippen LogP contribution in [0.2, 0.25) is 5.15 Å². The van der Waals surface area contributed by atoms with Crippen LogP contribution in [-0.2, 0) is 13.1 Å². The molecule has 0 aliphatic rings. The lowest BCUT2D eigenvalue weighted by Crippen LogP contribution is -2.07. The molecule has 0 aromatic carbocycles. The smallest absolute Gasteiger partial charge is 0.129 e. The quantitative estimate of drug-likeness (QED) is 0.843. The van der Waals surface area contributed by atoms with Gasteiger partial charge < -0.3 is 9.88 Å².